The molecule has 2 aromatic carbocycles. The van der Waals surface area contributed by atoms with Gasteiger partial charge in [0.05, 0.1) is 35.9 Å². The Morgan fingerprint density at radius 2 is 1.59 bits per heavy atom. The van der Waals surface area contributed by atoms with Crippen LogP contribution in [0.3, 0.4) is 0 Å². The number of halogens is 6. The number of nitrogens with zero attached hydrogens (tertiary/aromatic N) is 4. The zero-order chi connectivity index (χ0) is 26.3. The van der Waals surface area contributed by atoms with Crippen molar-refractivity contribution in [2.45, 2.75) is 68.9 Å². The van der Waals surface area contributed by atoms with Crippen LogP contribution in [-0.4, -0.2) is 38.4 Å². The van der Waals surface area contributed by atoms with Crippen molar-refractivity contribution in [3.05, 3.63) is 83.4 Å². The quantitative estimate of drug-likeness (QED) is 0.353. The van der Waals surface area contributed by atoms with Crippen LogP contribution in [0.1, 0.15) is 47.9 Å². The van der Waals surface area contributed by atoms with E-state index < -0.39 is 35.1 Å². The van der Waals surface area contributed by atoms with Gasteiger partial charge in [0.15, 0.2) is 0 Å². The monoisotopic (exact) mass is 524 g/mol. The minimum absolute atomic E-state index is 0.142. The number of fused-ring (bicyclic) bond motifs is 2. The van der Waals surface area contributed by atoms with E-state index in [0.29, 0.717) is 25.6 Å². The normalized spacial score (nSPS) is 24.5. The summed E-state index contributed by atoms with van der Waals surface area (Å²) in [6.07, 6.45) is -3.92. The van der Waals surface area contributed by atoms with Crippen LogP contribution in [0.2, 0.25) is 0 Å². The van der Waals surface area contributed by atoms with Crippen LogP contribution in [0.15, 0.2) is 61.2 Å². The van der Waals surface area contributed by atoms with E-state index >= 15 is 0 Å². The molecule has 2 fully saturated rings. The molecule has 2 saturated heterocycles. The third kappa shape index (κ3) is 5.11. The van der Waals surface area contributed by atoms with Gasteiger partial charge in [0.2, 0.25) is 0 Å². The zero-order valence-electron chi connectivity index (χ0n) is 19.8. The zero-order valence-corrected chi connectivity index (χ0v) is 19.8. The lowest BCUT2D eigenvalue weighted by molar-refractivity contribution is -0.143. The highest BCUT2D eigenvalue weighted by molar-refractivity contribution is 5.34. The predicted octanol–water partition coefficient (Wildman–Crippen LogP) is 6.05. The van der Waals surface area contributed by atoms with Crippen LogP contribution >= 0.6 is 0 Å². The highest BCUT2D eigenvalue weighted by Crippen LogP contribution is 2.52. The van der Waals surface area contributed by atoms with E-state index in [1.54, 1.807) is 11.0 Å². The van der Waals surface area contributed by atoms with Crippen molar-refractivity contribution in [3.63, 3.8) is 0 Å². The number of hydrogen-bond acceptors (Lipinski definition) is 4. The van der Waals surface area contributed by atoms with Gasteiger partial charge in [-0.2, -0.15) is 31.4 Å². The Morgan fingerprint density at radius 3 is 2.22 bits per heavy atom. The second kappa shape index (κ2) is 9.75. The lowest BCUT2D eigenvalue weighted by Gasteiger charge is -2.50. The SMILES string of the molecule is FC(F)(F)c1cc(CO[C@@H]2CC[C@H]3CC[C@]2(c2ccccc2)N3CCn2cncn2)cc(C(F)(F)F)c1. The Labute approximate surface area is 210 Å². The molecule has 37 heavy (non-hydrogen) atoms. The molecule has 11 heteroatoms. The van der Waals surface area contributed by atoms with Gasteiger partial charge in [-0.15, -0.1) is 0 Å². The molecule has 3 heterocycles. The number of benzene rings is 2. The van der Waals surface area contributed by atoms with Crippen LogP contribution in [0, 0.1) is 0 Å². The number of alkyl halides is 6. The van der Waals surface area contributed by atoms with Gasteiger partial charge < -0.3 is 4.74 Å². The van der Waals surface area contributed by atoms with E-state index in [2.05, 4.69) is 15.0 Å². The molecule has 0 unspecified atom stereocenters. The molecule has 0 N–H and O–H groups in total. The number of ether oxygens (including phenoxy) is 1. The summed E-state index contributed by atoms with van der Waals surface area (Å²) in [5.41, 5.74) is -2.34. The Bertz CT molecular complexity index is 1170. The van der Waals surface area contributed by atoms with Crippen molar-refractivity contribution in [3.8, 4) is 0 Å². The molecule has 2 aliphatic heterocycles. The summed E-state index contributed by atoms with van der Waals surface area (Å²) >= 11 is 0. The summed E-state index contributed by atoms with van der Waals surface area (Å²) in [4.78, 5) is 6.37. The molecule has 5 rings (SSSR count). The van der Waals surface area contributed by atoms with E-state index in [1.807, 2.05) is 30.3 Å². The first-order chi connectivity index (χ1) is 17.6. The molecule has 0 saturated carbocycles. The summed E-state index contributed by atoms with van der Waals surface area (Å²) < 4.78 is 88.2. The third-order valence-corrected chi connectivity index (χ3v) is 7.52. The Hall–Kier alpha value is -2.92. The highest BCUT2D eigenvalue weighted by atomic mass is 19.4. The lowest BCUT2D eigenvalue weighted by atomic mass is 9.79. The van der Waals surface area contributed by atoms with Crippen molar-refractivity contribution in [1.82, 2.24) is 19.7 Å². The Balaban J connectivity index is 1.45. The molecule has 0 amide bonds. The van der Waals surface area contributed by atoms with E-state index in [1.165, 1.54) is 6.33 Å². The maximum atomic E-state index is 13.4. The highest BCUT2D eigenvalue weighted by Gasteiger charge is 2.55. The summed E-state index contributed by atoms with van der Waals surface area (Å²) in [6, 6.07) is 11.7. The molecule has 1 aromatic heterocycles. The van der Waals surface area contributed by atoms with Crippen molar-refractivity contribution in [1.29, 1.82) is 0 Å². The van der Waals surface area contributed by atoms with Crippen molar-refractivity contribution >= 4 is 0 Å². The lowest BCUT2D eigenvalue weighted by Crippen LogP contribution is -2.57. The van der Waals surface area contributed by atoms with E-state index in [0.717, 1.165) is 37.0 Å². The molecule has 3 aromatic rings. The standard InChI is InChI=1S/C26H26F6N4O/c27-25(28,29)20-12-18(13-21(14-20)26(30,31)32)15-37-23-7-6-22-8-9-24(23,19-4-2-1-3-5-19)36(22)11-10-35-17-33-16-34-35/h1-5,12-14,16-17,22-23H,6-11,15H2/t22-,23+,24+/m0/s1. The Kier molecular flexibility index (Phi) is 6.78. The smallest absolute Gasteiger partial charge is 0.371 e. The predicted molar refractivity (Wildman–Crippen MR) is 122 cm³/mol. The minimum Gasteiger partial charge on any atom is -0.371 e. The molecular weight excluding hydrogens is 498 g/mol. The molecule has 2 aliphatic rings. The molecule has 5 nitrogen and oxygen atoms in total. The summed E-state index contributed by atoms with van der Waals surface area (Å²) in [7, 11) is 0. The molecule has 0 aliphatic carbocycles. The van der Waals surface area contributed by atoms with E-state index in [4.69, 9.17) is 4.74 Å². The fourth-order valence-electron chi connectivity index (χ4n) is 5.92. The average Bonchev–Trinajstić information content (AvgIpc) is 3.46. The van der Waals surface area contributed by atoms with Crippen LogP contribution < -0.4 is 0 Å². The third-order valence-electron chi connectivity index (χ3n) is 7.52. The summed E-state index contributed by atoms with van der Waals surface area (Å²) in [5, 5.41) is 4.18. The van der Waals surface area contributed by atoms with Crippen LogP contribution in [0.5, 0.6) is 0 Å². The maximum Gasteiger partial charge on any atom is 0.416 e. The van der Waals surface area contributed by atoms with Crippen molar-refractivity contribution < 1.29 is 31.1 Å². The van der Waals surface area contributed by atoms with Gasteiger partial charge >= 0.3 is 12.4 Å². The van der Waals surface area contributed by atoms with Gasteiger partial charge in [-0.1, -0.05) is 30.3 Å². The van der Waals surface area contributed by atoms with Crippen LogP contribution in [-0.2, 0) is 35.8 Å². The van der Waals surface area contributed by atoms with Gasteiger partial charge in [0, 0.05) is 12.6 Å². The second-order valence-electron chi connectivity index (χ2n) is 9.63. The topological polar surface area (TPSA) is 43.2 Å². The van der Waals surface area contributed by atoms with Gasteiger partial charge in [0.1, 0.15) is 12.7 Å². The first kappa shape index (κ1) is 25.7. The average molecular weight is 525 g/mol. The molecule has 0 spiro atoms. The molecule has 198 valence electrons. The summed E-state index contributed by atoms with van der Waals surface area (Å²) in [6.45, 7) is 0.902. The number of rotatable bonds is 7. The second-order valence-corrected chi connectivity index (χ2v) is 9.63. The van der Waals surface area contributed by atoms with Crippen molar-refractivity contribution in [2.75, 3.05) is 6.54 Å². The minimum atomic E-state index is -4.90. The van der Waals surface area contributed by atoms with Gasteiger partial charge in [-0.3, -0.25) is 9.58 Å². The first-order valence-electron chi connectivity index (χ1n) is 12.1. The fourth-order valence-corrected chi connectivity index (χ4v) is 5.92. The Morgan fingerprint density at radius 1 is 0.892 bits per heavy atom. The summed E-state index contributed by atoms with van der Waals surface area (Å²) in [5.74, 6) is 0. The molecule has 2 bridgehead atoms. The fraction of sp³-hybridized carbons (Fsp3) is 0.462. The van der Waals surface area contributed by atoms with Crippen LogP contribution in [0.25, 0.3) is 0 Å². The first-order valence-corrected chi connectivity index (χ1v) is 12.1. The number of hydrogen-bond donors (Lipinski definition) is 0. The van der Waals surface area contributed by atoms with Gasteiger partial charge in [-0.05, 0) is 55.0 Å². The number of piperidine rings is 1. The van der Waals surface area contributed by atoms with Crippen molar-refractivity contribution in [2.24, 2.45) is 0 Å². The molecule has 0 radical (unpaired) electrons. The van der Waals surface area contributed by atoms with Crippen LogP contribution in [0.4, 0.5) is 26.3 Å². The van der Waals surface area contributed by atoms with E-state index in [9.17, 15) is 26.3 Å². The maximum absolute atomic E-state index is 13.4. The molecule has 3 atom stereocenters. The molecular formula is C26H26F6N4O. The van der Waals surface area contributed by atoms with E-state index in [-0.39, 0.29) is 18.2 Å². The van der Waals surface area contributed by atoms with Gasteiger partial charge in [0.25, 0.3) is 0 Å². The number of aromatic nitrogens is 3. The largest absolute Gasteiger partial charge is 0.416 e. The van der Waals surface area contributed by atoms with Gasteiger partial charge in [-0.25, -0.2) is 4.98 Å².